The lowest BCUT2D eigenvalue weighted by Gasteiger charge is -2.01. The molecule has 0 amide bonds. The third-order valence-electron chi connectivity index (χ3n) is 1.45. The van der Waals surface area contributed by atoms with Gasteiger partial charge in [-0.1, -0.05) is 11.5 Å². The van der Waals surface area contributed by atoms with E-state index in [-0.39, 0.29) is 18.3 Å². The van der Waals surface area contributed by atoms with Gasteiger partial charge in [0.05, 0.1) is 25.3 Å². The number of rotatable bonds is 4. The summed E-state index contributed by atoms with van der Waals surface area (Å²) < 4.78 is 8.68. The van der Waals surface area contributed by atoms with Gasteiger partial charge in [0, 0.05) is 7.92 Å². The molecule has 0 aliphatic rings. The summed E-state index contributed by atoms with van der Waals surface area (Å²) in [6.45, 7) is 0.284. The maximum Gasteiger partial charge on any atom is 0.102 e. The highest BCUT2D eigenvalue weighted by molar-refractivity contribution is 6.18. The van der Waals surface area contributed by atoms with E-state index in [1.165, 1.54) is 4.68 Å². The molecule has 6 heteroatoms. The van der Waals surface area contributed by atoms with Gasteiger partial charge in [-0.15, -0.1) is 28.3 Å². The summed E-state index contributed by atoms with van der Waals surface area (Å²) in [7, 11) is 5.30. The third-order valence-corrected chi connectivity index (χ3v) is 1.96. The van der Waals surface area contributed by atoms with Crippen LogP contribution in [0, 0.1) is 0 Å². The van der Waals surface area contributed by atoms with Crippen LogP contribution in [-0.4, -0.2) is 22.8 Å². The summed E-state index contributed by atoms with van der Waals surface area (Å²) in [6.07, 6.45) is -0.716. The first-order valence-electron chi connectivity index (χ1n) is 3.97. The van der Waals surface area contributed by atoms with Gasteiger partial charge in [-0.05, 0) is 0 Å². The number of aromatic nitrogens is 3. The summed E-state index contributed by atoms with van der Waals surface area (Å²) in [5.74, 6) is 0.553. The van der Waals surface area contributed by atoms with Crippen molar-refractivity contribution in [3.8, 4) is 0 Å². The zero-order valence-corrected chi connectivity index (χ0v) is 7.89. The Labute approximate surface area is 83.8 Å². The largest absolute Gasteiger partial charge is 0.249 e. The predicted molar refractivity (Wildman–Crippen MR) is 49.7 cm³/mol. The number of halogens is 2. The summed E-state index contributed by atoms with van der Waals surface area (Å²) in [6, 6.07) is 0. The molecule has 0 saturated heterocycles. The van der Waals surface area contributed by atoms with E-state index in [2.05, 4.69) is 10.3 Å². The van der Waals surface area contributed by atoms with Crippen LogP contribution in [0.5, 0.6) is 0 Å². The molecule has 2 radical (unpaired) electrons. The highest BCUT2D eigenvalue weighted by Crippen LogP contribution is 2.11. The average molecular weight is 205 g/mol. The molecule has 0 saturated carbocycles. The molecule has 1 unspecified atom stereocenters. The summed E-state index contributed by atoms with van der Waals surface area (Å²) in [4.78, 5) is 0. The molecular weight excluding hydrogens is 196 g/mol. The molecule has 1 aromatic heterocycles. The highest BCUT2D eigenvalue weighted by Gasteiger charge is 2.09. The van der Waals surface area contributed by atoms with Crippen molar-refractivity contribution in [2.75, 3.05) is 0 Å². The third kappa shape index (κ3) is 1.93. The van der Waals surface area contributed by atoms with Crippen LogP contribution in [0.15, 0.2) is 0 Å². The number of alkyl halides is 2. The molecule has 0 aromatic carbocycles. The standard InChI is InChI=1S/C6H8BCl2N3/c7-1-2-12-6(4-9)5(3-8)10-11-12/h1-4H2/i1D. The molecule has 0 aliphatic carbocycles. The van der Waals surface area contributed by atoms with E-state index in [0.717, 1.165) is 5.69 Å². The smallest absolute Gasteiger partial charge is 0.102 e. The molecule has 0 aliphatic heterocycles. The quantitative estimate of drug-likeness (QED) is 0.548. The van der Waals surface area contributed by atoms with Crippen molar-refractivity contribution in [2.24, 2.45) is 0 Å². The number of nitrogens with zero attached hydrogens (tertiary/aromatic N) is 3. The minimum Gasteiger partial charge on any atom is -0.249 e. The molecule has 12 heavy (non-hydrogen) atoms. The Hall–Kier alpha value is -0.215. The van der Waals surface area contributed by atoms with Crippen molar-refractivity contribution < 1.29 is 1.37 Å². The zero-order chi connectivity index (χ0) is 9.84. The van der Waals surface area contributed by atoms with Gasteiger partial charge in [-0.3, -0.25) is 0 Å². The lowest BCUT2D eigenvalue weighted by atomic mass is 10.1. The summed E-state index contributed by atoms with van der Waals surface area (Å²) in [5.41, 5.74) is 1.39. The van der Waals surface area contributed by atoms with Crippen LogP contribution in [0.25, 0.3) is 0 Å². The van der Waals surface area contributed by atoms with Crippen LogP contribution in [0.1, 0.15) is 12.8 Å². The number of hydrogen-bond donors (Lipinski definition) is 0. The van der Waals surface area contributed by atoms with E-state index in [1.54, 1.807) is 0 Å². The van der Waals surface area contributed by atoms with Gasteiger partial charge >= 0.3 is 0 Å². The molecule has 0 spiro atoms. The second-order valence-corrected chi connectivity index (χ2v) is 2.70. The van der Waals surface area contributed by atoms with Gasteiger partial charge in [-0.25, -0.2) is 4.68 Å². The van der Waals surface area contributed by atoms with Crippen LogP contribution in [0.4, 0.5) is 0 Å². The first-order valence-corrected chi connectivity index (χ1v) is 4.47. The van der Waals surface area contributed by atoms with Crippen molar-refractivity contribution in [1.29, 1.82) is 0 Å². The highest BCUT2D eigenvalue weighted by atomic mass is 35.5. The SMILES string of the molecule is [2H]C([B])Cn1nnc(CCl)c1CCl. The fraction of sp³-hybridized carbons (Fsp3) is 0.667. The number of hydrogen-bond acceptors (Lipinski definition) is 2. The molecule has 64 valence electrons. The van der Waals surface area contributed by atoms with Crippen LogP contribution < -0.4 is 0 Å². The number of aryl methyl sites for hydroxylation is 1. The van der Waals surface area contributed by atoms with Crippen LogP contribution in [-0.2, 0) is 18.3 Å². The van der Waals surface area contributed by atoms with Gasteiger partial charge in [0.2, 0.25) is 0 Å². The maximum absolute atomic E-state index is 7.17. The van der Waals surface area contributed by atoms with Gasteiger partial charge < -0.3 is 0 Å². The minimum absolute atomic E-state index is 0.273. The Bertz CT molecular complexity index is 279. The molecule has 1 heterocycles. The lowest BCUT2D eigenvalue weighted by molar-refractivity contribution is 0.608. The van der Waals surface area contributed by atoms with Gasteiger partial charge in [0.25, 0.3) is 0 Å². The van der Waals surface area contributed by atoms with Crippen LogP contribution >= 0.6 is 23.2 Å². The zero-order valence-electron chi connectivity index (χ0n) is 7.37. The molecular formula is C6H8BCl2N3. The fourth-order valence-corrected chi connectivity index (χ4v) is 1.37. The Kier molecular flexibility index (Phi) is 3.30. The topological polar surface area (TPSA) is 30.7 Å². The van der Waals surface area contributed by atoms with Crippen LogP contribution in [0.2, 0.25) is 6.30 Å². The van der Waals surface area contributed by atoms with Gasteiger partial charge in [-0.2, -0.15) is 0 Å². The molecule has 0 bridgehead atoms. The molecule has 0 fully saturated rings. The van der Waals surface area contributed by atoms with E-state index < -0.39 is 6.30 Å². The molecule has 0 N–H and O–H groups in total. The molecule has 1 rings (SSSR count). The second kappa shape index (κ2) is 4.72. The maximum atomic E-state index is 7.17. The average Bonchev–Trinajstić information content (AvgIpc) is 2.45. The summed E-state index contributed by atoms with van der Waals surface area (Å²) in [5, 5.41) is 7.61. The molecule has 1 aromatic rings. The van der Waals surface area contributed by atoms with Gasteiger partial charge in [0.15, 0.2) is 0 Å². The van der Waals surface area contributed by atoms with Crippen molar-refractivity contribution >= 4 is 31.0 Å². The van der Waals surface area contributed by atoms with E-state index in [1.807, 2.05) is 0 Å². The van der Waals surface area contributed by atoms with Gasteiger partial charge in [0.1, 0.15) is 5.69 Å². The van der Waals surface area contributed by atoms with Crippen LogP contribution in [0.3, 0.4) is 0 Å². The summed E-state index contributed by atoms with van der Waals surface area (Å²) >= 11 is 11.3. The van der Waals surface area contributed by atoms with E-state index in [0.29, 0.717) is 5.69 Å². The monoisotopic (exact) mass is 204 g/mol. The normalized spacial score (nSPS) is 14.3. The van der Waals surface area contributed by atoms with E-state index in [9.17, 15) is 0 Å². The predicted octanol–water partition coefficient (Wildman–Crippen LogP) is 1.34. The van der Waals surface area contributed by atoms with E-state index in [4.69, 9.17) is 32.4 Å². The molecule has 1 atom stereocenters. The Morgan fingerprint density at radius 1 is 1.50 bits per heavy atom. The van der Waals surface area contributed by atoms with Crippen molar-refractivity contribution in [1.82, 2.24) is 15.0 Å². The Morgan fingerprint density at radius 3 is 2.75 bits per heavy atom. The van der Waals surface area contributed by atoms with Crippen molar-refractivity contribution in [3.63, 3.8) is 0 Å². The van der Waals surface area contributed by atoms with Crippen molar-refractivity contribution in [2.45, 2.75) is 24.6 Å². The first-order chi connectivity index (χ1) is 6.19. The van der Waals surface area contributed by atoms with Crippen molar-refractivity contribution in [3.05, 3.63) is 11.4 Å². The first kappa shape index (κ1) is 8.39. The lowest BCUT2D eigenvalue weighted by Crippen LogP contribution is -2.04. The Balaban J connectivity index is 2.87. The fourth-order valence-electron chi connectivity index (χ4n) is 0.865. The minimum atomic E-state index is -0.716. The molecule has 3 nitrogen and oxygen atoms in total. The second-order valence-electron chi connectivity index (χ2n) is 2.17. The Morgan fingerprint density at radius 2 is 2.25 bits per heavy atom. The van der Waals surface area contributed by atoms with E-state index >= 15 is 0 Å².